The van der Waals surface area contributed by atoms with Crippen molar-refractivity contribution in [2.45, 2.75) is 341 Å². The summed E-state index contributed by atoms with van der Waals surface area (Å²) in [5.74, 6) is -0.580. The van der Waals surface area contributed by atoms with E-state index in [2.05, 4.69) is 123 Å². The standard InChI is InChI=1S/C75H130O5/c1-3-5-7-9-11-13-15-17-19-21-23-25-27-29-31-33-34-35-36-37-38-39-40-42-44-46-48-50-52-54-56-58-60-62-64-66-68-70-75(78)80-73(71-76)72-79-74(77)69-67-65-63-61-59-57-55-53-51-49-47-45-43-41-32-30-28-26-24-22-20-18-16-14-12-10-8-6-4-2/h5,7,11,13,16-19,22-25,29,31,34-35,37-38,73,76H,3-4,6,8-10,12,14-15,20-21,26-28,30,32-33,36,39-72H2,1-2H3/b7-5-,13-11-,18-16-,19-17-,24-22-,25-23-,31-29-,35-34-,38-37-. The van der Waals surface area contributed by atoms with Crippen LogP contribution >= 0.6 is 0 Å². The average molecular weight is 1110 g/mol. The normalized spacial score (nSPS) is 12.9. The van der Waals surface area contributed by atoms with E-state index in [1.807, 2.05) is 0 Å². The van der Waals surface area contributed by atoms with Gasteiger partial charge in [-0.25, -0.2) is 0 Å². The predicted octanol–water partition coefficient (Wildman–Crippen LogP) is 24.0. The summed E-state index contributed by atoms with van der Waals surface area (Å²) in [5.41, 5.74) is 0. The van der Waals surface area contributed by atoms with Crippen molar-refractivity contribution in [3.63, 3.8) is 0 Å². The maximum Gasteiger partial charge on any atom is 0.306 e. The SMILES string of the molecule is CC/C=C\C/C=C\C/C=C\C/C=C\C/C=C\C/C=C\C/C=C\CCCCCCCCCCCCCCCCCC(=O)OC(CO)COC(=O)CCCCCCCCCCCCCCCCCCC/C=C\C/C=C\CCCCCCC. The topological polar surface area (TPSA) is 72.8 Å². The third-order valence-corrected chi connectivity index (χ3v) is 15.1. The van der Waals surface area contributed by atoms with Crippen LogP contribution in [-0.2, 0) is 19.1 Å². The van der Waals surface area contributed by atoms with E-state index in [-0.39, 0.29) is 25.2 Å². The Morgan fingerprint density at radius 3 is 0.812 bits per heavy atom. The van der Waals surface area contributed by atoms with Crippen molar-refractivity contribution in [3.05, 3.63) is 109 Å². The van der Waals surface area contributed by atoms with Gasteiger partial charge in [0.15, 0.2) is 6.10 Å². The fraction of sp³-hybridized carbons (Fsp3) is 0.733. The Kier molecular flexibility index (Phi) is 66.8. The summed E-state index contributed by atoms with van der Waals surface area (Å²) in [6, 6.07) is 0. The number of unbranched alkanes of at least 4 members (excludes halogenated alkanes) is 37. The highest BCUT2D eigenvalue weighted by atomic mass is 16.6. The lowest BCUT2D eigenvalue weighted by Gasteiger charge is -2.15. The first-order valence-electron chi connectivity index (χ1n) is 34.4. The molecule has 5 heteroatoms. The molecular formula is C75H130O5. The van der Waals surface area contributed by atoms with Crippen LogP contribution in [0.5, 0.6) is 0 Å². The lowest BCUT2D eigenvalue weighted by molar-refractivity contribution is -0.161. The molecule has 0 amide bonds. The van der Waals surface area contributed by atoms with Crippen molar-refractivity contribution in [2.75, 3.05) is 13.2 Å². The van der Waals surface area contributed by atoms with Crippen molar-refractivity contribution in [1.82, 2.24) is 0 Å². The number of allylic oxidation sites excluding steroid dienone is 18. The molecule has 0 aromatic rings. The summed E-state index contributed by atoms with van der Waals surface area (Å²) in [7, 11) is 0. The zero-order valence-electron chi connectivity index (χ0n) is 52.8. The van der Waals surface area contributed by atoms with Crippen molar-refractivity contribution in [2.24, 2.45) is 0 Å². The molecule has 0 heterocycles. The van der Waals surface area contributed by atoms with E-state index in [4.69, 9.17) is 9.47 Å². The lowest BCUT2D eigenvalue weighted by Crippen LogP contribution is -2.28. The molecular weight excluding hydrogens is 981 g/mol. The molecule has 0 radical (unpaired) electrons. The molecule has 0 aromatic heterocycles. The number of esters is 2. The minimum absolute atomic E-state index is 0.0664. The summed E-state index contributed by atoms with van der Waals surface area (Å²) in [6.07, 6.45) is 101. The highest BCUT2D eigenvalue weighted by Crippen LogP contribution is 2.17. The molecule has 0 aliphatic heterocycles. The van der Waals surface area contributed by atoms with Crippen molar-refractivity contribution in [3.8, 4) is 0 Å². The van der Waals surface area contributed by atoms with E-state index in [0.29, 0.717) is 12.8 Å². The number of aliphatic hydroxyl groups excluding tert-OH is 1. The predicted molar refractivity (Wildman–Crippen MR) is 352 cm³/mol. The highest BCUT2D eigenvalue weighted by Gasteiger charge is 2.16. The van der Waals surface area contributed by atoms with Crippen LogP contribution < -0.4 is 0 Å². The van der Waals surface area contributed by atoms with Crippen LogP contribution in [0.25, 0.3) is 0 Å². The van der Waals surface area contributed by atoms with Crippen LogP contribution in [0.15, 0.2) is 109 Å². The second-order valence-electron chi connectivity index (χ2n) is 22.9. The van der Waals surface area contributed by atoms with Gasteiger partial charge in [-0.1, -0.05) is 329 Å². The third kappa shape index (κ3) is 67.1. The molecule has 1 atom stereocenters. The molecule has 5 nitrogen and oxygen atoms in total. The molecule has 80 heavy (non-hydrogen) atoms. The van der Waals surface area contributed by atoms with Gasteiger partial charge in [-0.05, 0) is 103 Å². The Bertz CT molecular complexity index is 1540. The van der Waals surface area contributed by atoms with Crippen LogP contribution in [0, 0.1) is 0 Å². The van der Waals surface area contributed by atoms with Gasteiger partial charge in [-0.15, -0.1) is 0 Å². The van der Waals surface area contributed by atoms with Gasteiger partial charge in [0.05, 0.1) is 6.61 Å². The molecule has 0 aliphatic carbocycles. The molecule has 0 aliphatic rings. The smallest absolute Gasteiger partial charge is 0.306 e. The molecule has 0 saturated heterocycles. The van der Waals surface area contributed by atoms with Crippen molar-refractivity contribution in [1.29, 1.82) is 0 Å². The quantitative estimate of drug-likeness (QED) is 0.0373. The first-order chi connectivity index (χ1) is 39.6. The van der Waals surface area contributed by atoms with Crippen LogP contribution in [0.4, 0.5) is 0 Å². The summed E-state index contributed by atoms with van der Waals surface area (Å²) < 4.78 is 10.8. The van der Waals surface area contributed by atoms with Gasteiger partial charge in [0.1, 0.15) is 6.61 Å². The van der Waals surface area contributed by atoms with E-state index in [0.717, 1.165) is 89.9 Å². The van der Waals surface area contributed by atoms with E-state index in [1.54, 1.807) is 0 Å². The first kappa shape index (κ1) is 76.6. The highest BCUT2D eigenvalue weighted by molar-refractivity contribution is 5.70. The van der Waals surface area contributed by atoms with E-state index >= 15 is 0 Å². The fourth-order valence-corrected chi connectivity index (χ4v) is 9.92. The minimum atomic E-state index is -0.777. The Morgan fingerprint density at radius 1 is 0.300 bits per heavy atom. The summed E-state index contributed by atoms with van der Waals surface area (Å²) >= 11 is 0. The first-order valence-corrected chi connectivity index (χ1v) is 34.4. The summed E-state index contributed by atoms with van der Waals surface area (Å²) in [4.78, 5) is 24.7. The van der Waals surface area contributed by atoms with Crippen LogP contribution in [0.2, 0.25) is 0 Å². The van der Waals surface area contributed by atoms with E-state index in [1.165, 1.54) is 218 Å². The van der Waals surface area contributed by atoms with Gasteiger partial charge in [-0.3, -0.25) is 9.59 Å². The summed E-state index contributed by atoms with van der Waals surface area (Å²) in [5, 5.41) is 9.70. The lowest BCUT2D eigenvalue weighted by atomic mass is 10.0. The molecule has 460 valence electrons. The number of rotatable bonds is 63. The Hall–Kier alpha value is -3.44. The zero-order chi connectivity index (χ0) is 57.6. The second-order valence-corrected chi connectivity index (χ2v) is 22.9. The summed E-state index contributed by atoms with van der Waals surface area (Å²) in [6.45, 7) is 4.05. The molecule has 1 unspecified atom stereocenters. The fourth-order valence-electron chi connectivity index (χ4n) is 9.92. The number of hydrogen-bond acceptors (Lipinski definition) is 5. The van der Waals surface area contributed by atoms with Gasteiger partial charge in [0, 0.05) is 12.8 Å². The van der Waals surface area contributed by atoms with Gasteiger partial charge in [0.2, 0.25) is 0 Å². The Morgan fingerprint density at radius 2 is 0.537 bits per heavy atom. The Balaban J connectivity index is 3.47. The molecule has 0 spiro atoms. The zero-order valence-corrected chi connectivity index (χ0v) is 52.8. The van der Waals surface area contributed by atoms with E-state index < -0.39 is 6.10 Å². The molecule has 0 bridgehead atoms. The number of aliphatic hydroxyl groups is 1. The molecule has 0 saturated carbocycles. The van der Waals surface area contributed by atoms with Crippen molar-refractivity contribution < 1.29 is 24.2 Å². The molecule has 1 N–H and O–H groups in total. The molecule has 0 aromatic carbocycles. The van der Waals surface area contributed by atoms with Gasteiger partial charge in [-0.2, -0.15) is 0 Å². The maximum atomic E-state index is 12.4. The number of hydrogen-bond donors (Lipinski definition) is 1. The van der Waals surface area contributed by atoms with Gasteiger partial charge < -0.3 is 14.6 Å². The largest absolute Gasteiger partial charge is 0.462 e. The monoisotopic (exact) mass is 1110 g/mol. The molecule has 0 rings (SSSR count). The van der Waals surface area contributed by atoms with Gasteiger partial charge in [0.25, 0.3) is 0 Å². The maximum absolute atomic E-state index is 12.4. The van der Waals surface area contributed by atoms with Crippen LogP contribution in [0.3, 0.4) is 0 Å². The third-order valence-electron chi connectivity index (χ3n) is 15.1. The van der Waals surface area contributed by atoms with Crippen molar-refractivity contribution >= 4 is 11.9 Å². The number of carbonyl (C=O) groups is 2. The average Bonchev–Trinajstić information content (AvgIpc) is 3.46. The van der Waals surface area contributed by atoms with Gasteiger partial charge >= 0.3 is 11.9 Å². The van der Waals surface area contributed by atoms with Crippen LogP contribution in [0.1, 0.15) is 335 Å². The Labute approximate surface area is 497 Å². The second kappa shape index (κ2) is 69.8. The minimum Gasteiger partial charge on any atom is -0.462 e. The number of carbonyl (C=O) groups excluding carboxylic acids is 2. The molecule has 0 fully saturated rings. The van der Waals surface area contributed by atoms with Crippen LogP contribution in [-0.4, -0.2) is 36.4 Å². The number of ether oxygens (including phenoxy) is 2. The van der Waals surface area contributed by atoms with E-state index in [9.17, 15) is 14.7 Å².